The van der Waals surface area contributed by atoms with Crippen molar-refractivity contribution in [3.63, 3.8) is 0 Å². The minimum absolute atomic E-state index is 0.170. The standard InChI is InChI=1S/C11H24N2O/c1-3-11(14)9-12-10-5-4-7-13(2)8-6-10/h10-12,14H,3-9H2,1-2H3. The van der Waals surface area contributed by atoms with Gasteiger partial charge in [-0.2, -0.15) is 0 Å². The van der Waals surface area contributed by atoms with Gasteiger partial charge >= 0.3 is 0 Å². The molecule has 1 aliphatic heterocycles. The van der Waals surface area contributed by atoms with E-state index >= 15 is 0 Å². The van der Waals surface area contributed by atoms with Crippen molar-refractivity contribution < 1.29 is 5.11 Å². The summed E-state index contributed by atoms with van der Waals surface area (Å²) in [6.45, 7) is 5.17. The molecule has 0 bridgehead atoms. The summed E-state index contributed by atoms with van der Waals surface area (Å²) in [5, 5.41) is 12.9. The van der Waals surface area contributed by atoms with Gasteiger partial charge in [-0.05, 0) is 45.8 Å². The molecule has 2 atom stereocenters. The van der Waals surface area contributed by atoms with Crippen molar-refractivity contribution in [2.75, 3.05) is 26.7 Å². The van der Waals surface area contributed by atoms with Crippen molar-refractivity contribution in [3.8, 4) is 0 Å². The van der Waals surface area contributed by atoms with Gasteiger partial charge in [0.1, 0.15) is 0 Å². The van der Waals surface area contributed by atoms with Gasteiger partial charge in [0.2, 0.25) is 0 Å². The SMILES string of the molecule is CCC(O)CNC1CCCN(C)CC1. The van der Waals surface area contributed by atoms with Crippen LogP contribution in [0.3, 0.4) is 0 Å². The third-order valence-electron chi connectivity index (χ3n) is 3.07. The number of likely N-dealkylation sites (tertiary alicyclic amines) is 1. The van der Waals surface area contributed by atoms with Crippen LogP contribution in [0.5, 0.6) is 0 Å². The molecule has 1 aliphatic rings. The summed E-state index contributed by atoms with van der Waals surface area (Å²) in [6, 6.07) is 0.612. The maximum atomic E-state index is 9.44. The Morgan fingerprint density at radius 1 is 1.43 bits per heavy atom. The summed E-state index contributed by atoms with van der Waals surface area (Å²) in [7, 11) is 2.18. The second-order valence-corrected chi connectivity index (χ2v) is 4.40. The maximum absolute atomic E-state index is 9.44. The molecular weight excluding hydrogens is 176 g/mol. The quantitative estimate of drug-likeness (QED) is 0.705. The highest BCUT2D eigenvalue weighted by molar-refractivity contribution is 4.74. The Morgan fingerprint density at radius 3 is 2.93 bits per heavy atom. The molecule has 0 aromatic rings. The van der Waals surface area contributed by atoms with E-state index in [4.69, 9.17) is 0 Å². The Morgan fingerprint density at radius 2 is 2.21 bits per heavy atom. The minimum atomic E-state index is -0.170. The van der Waals surface area contributed by atoms with E-state index < -0.39 is 0 Å². The van der Waals surface area contributed by atoms with Crippen molar-refractivity contribution in [1.29, 1.82) is 0 Å². The van der Waals surface area contributed by atoms with Crippen molar-refractivity contribution in [1.82, 2.24) is 10.2 Å². The smallest absolute Gasteiger partial charge is 0.0662 e. The molecule has 84 valence electrons. The molecule has 0 saturated carbocycles. The molecular formula is C11H24N2O. The van der Waals surface area contributed by atoms with Crippen LogP contribution >= 0.6 is 0 Å². The Labute approximate surface area is 87.5 Å². The van der Waals surface area contributed by atoms with E-state index in [1.54, 1.807) is 0 Å². The third-order valence-corrected chi connectivity index (χ3v) is 3.07. The number of hydrogen-bond donors (Lipinski definition) is 2. The van der Waals surface area contributed by atoms with Crippen LogP contribution in [0.15, 0.2) is 0 Å². The number of aliphatic hydroxyl groups is 1. The Kier molecular flexibility index (Phi) is 5.45. The number of nitrogens with zero attached hydrogens (tertiary/aromatic N) is 1. The Bertz CT molecular complexity index is 152. The van der Waals surface area contributed by atoms with E-state index in [1.165, 1.54) is 32.4 Å². The Balaban J connectivity index is 2.17. The van der Waals surface area contributed by atoms with Crippen LogP contribution in [0.2, 0.25) is 0 Å². The second kappa shape index (κ2) is 6.38. The highest BCUT2D eigenvalue weighted by Crippen LogP contribution is 2.09. The zero-order valence-electron chi connectivity index (χ0n) is 9.50. The molecule has 3 heteroatoms. The van der Waals surface area contributed by atoms with Gasteiger partial charge in [0.15, 0.2) is 0 Å². The van der Waals surface area contributed by atoms with Crippen LogP contribution in [0.4, 0.5) is 0 Å². The molecule has 1 heterocycles. The second-order valence-electron chi connectivity index (χ2n) is 4.40. The lowest BCUT2D eigenvalue weighted by Crippen LogP contribution is -2.36. The molecule has 0 amide bonds. The third kappa shape index (κ3) is 4.40. The van der Waals surface area contributed by atoms with Crippen LogP contribution < -0.4 is 5.32 Å². The maximum Gasteiger partial charge on any atom is 0.0662 e. The van der Waals surface area contributed by atoms with E-state index in [-0.39, 0.29) is 6.10 Å². The van der Waals surface area contributed by atoms with Gasteiger partial charge in [-0.1, -0.05) is 6.92 Å². The summed E-state index contributed by atoms with van der Waals surface area (Å²) < 4.78 is 0. The van der Waals surface area contributed by atoms with E-state index in [0.717, 1.165) is 13.0 Å². The number of rotatable bonds is 4. The fraction of sp³-hybridized carbons (Fsp3) is 1.00. The molecule has 1 rings (SSSR count). The Hall–Kier alpha value is -0.120. The van der Waals surface area contributed by atoms with E-state index in [2.05, 4.69) is 17.3 Å². The van der Waals surface area contributed by atoms with Gasteiger partial charge in [-0.25, -0.2) is 0 Å². The first-order chi connectivity index (χ1) is 6.72. The summed E-state index contributed by atoms with van der Waals surface area (Å²) >= 11 is 0. The summed E-state index contributed by atoms with van der Waals surface area (Å²) in [4.78, 5) is 2.39. The molecule has 1 fully saturated rings. The van der Waals surface area contributed by atoms with Gasteiger partial charge in [-0.15, -0.1) is 0 Å². The van der Waals surface area contributed by atoms with Gasteiger partial charge in [0.05, 0.1) is 6.10 Å². The predicted octanol–water partition coefficient (Wildman–Crippen LogP) is 0.831. The number of aliphatic hydroxyl groups excluding tert-OH is 1. The largest absolute Gasteiger partial charge is 0.392 e. The molecule has 0 aliphatic carbocycles. The van der Waals surface area contributed by atoms with E-state index in [0.29, 0.717) is 6.04 Å². The first-order valence-electron chi connectivity index (χ1n) is 5.82. The summed E-state index contributed by atoms with van der Waals surface area (Å²) in [6.07, 6.45) is 4.42. The monoisotopic (exact) mass is 200 g/mol. The lowest BCUT2D eigenvalue weighted by atomic mass is 10.1. The topological polar surface area (TPSA) is 35.5 Å². The average molecular weight is 200 g/mol. The number of hydrogen-bond acceptors (Lipinski definition) is 3. The molecule has 3 nitrogen and oxygen atoms in total. The van der Waals surface area contributed by atoms with Gasteiger partial charge in [0, 0.05) is 12.6 Å². The van der Waals surface area contributed by atoms with Crippen molar-refractivity contribution in [2.24, 2.45) is 0 Å². The van der Waals surface area contributed by atoms with Crippen LogP contribution in [-0.2, 0) is 0 Å². The fourth-order valence-electron chi connectivity index (χ4n) is 1.89. The van der Waals surface area contributed by atoms with Crippen molar-refractivity contribution >= 4 is 0 Å². The minimum Gasteiger partial charge on any atom is -0.392 e. The lowest BCUT2D eigenvalue weighted by molar-refractivity contribution is 0.161. The fourth-order valence-corrected chi connectivity index (χ4v) is 1.89. The predicted molar refractivity (Wildman–Crippen MR) is 59.4 cm³/mol. The first-order valence-corrected chi connectivity index (χ1v) is 5.82. The molecule has 2 N–H and O–H groups in total. The van der Waals surface area contributed by atoms with Crippen LogP contribution in [0.1, 0.15) is 32.6 Å². The molecule has 1 saturated heterocycles. The zero-order chi connectivity index (χ0) is 10.4. The van der Waals surface area contributed by atoms with Crippen LogP contribution in [-0.4, -0.2) is 48.8 Å². The van der Waals surface area contributed by atoms with E-state index in [9.17, 15) is 5.11 Å². The van der Waals surface area contributed by atoms with Crippen LogP contribution in [0.25, 0.3) is 0 Å². The first kappa shape index (κ1) is 12.0. The summed E-state index contributed by atoms with van der Waals surface area (Å²) in [5.74, 6) is 0. The molecule has 0 aromatic heterocycles. The number of nitrogens with one attached hydrogen (secondary N) is 1. The van der Waals surface area contributed by atoms with Gasteiger partial charge < -0.3 is 15.3 Å². The van der Waals surface area contributed by atoms with Gasteiger partial charge in [-0.3, -0.25) is 0 Å². The zero-order valence-corrected chi connectivity index (χ0v) is 9.50. The van der Waals surface area contributed by atoms with Crippen LogP contribution in [0, 0.1) is 0 Å². The molecule has 0 aromatic carbocycles. The summed E-state index contributed by atoms with van der Waals surface area (Å²) in [5.41, 5.74) is 0. The highest BCUT2D eigenvalue weighted by atomic mass is 16.3. The normalized spacial score (nSPS) is 27.2. The van der Waals surface area contributed by atoms with Crippen molar-refractivity contribution in [3.05, 3.63) is 0 Å². The average Bonchev–Trinajstić information content (AvgIpc) is 2.39. The highest BCUT2D eigenvalue weighted by Gasteiger charge is 2.14. The molecule has 14 heavy (non-hydrogen) atoms. The molecule has 0 radical (unpaired) electrons. The molecule has 2 unspecified atom stereocenters. The van der Waals surface area contributed by atoms with E-state index in [1.807, 2.05) is 6.92 Å². The van der Waals surface area contributed by atoms with Gasteiger partial charge in [0.25, 0.3) is 0 Å². The molecule has 0 spiro atoms. The lowest BCUT2D eigenvalue weighted by Gasteiger charge is -2.18. The van der Waals surface area contributed by atoms with Crippen molar-refractivity contribution in [2.45, 2.75) is 44.8 Å².